The highest BCUT2D eigenvalue weighted by Crippen LogP contribution is 2.25. The number of aliphatic hydroxyl groups is 1. The Labute approximate surface area is 98.6 Å². The molecule has 0 aliphatic heterocycles. The molecule has 0 bridgehead atoms. The molecule has 1 aromatic rings. The van der Waals surface area contributed by atoms with Gasteiger partial charge in [0.05, 0.1) is 11.4 Å². The van der Waals surface area contributed by atoms with Gasteiger partial charge in [-0.25, -0.2) is 13.5 Å². The summed E-state index contributed by atoms with van der Waals surface area (Å²) in [5, 5.41) is 15.9. The van der Waals surface area contributed by atoms with Gasteiger partial charge in [-0.05, 0) is 20.8 Å². The minimum Gasteiger partial charge on any atom is -0.394 e. The highest BCUT2D eigenvalue weighted by molar-refractivity contribution is 5.64. The Morgan fingerprint density at radius 3 is 2.53 bits per heavy atom. The number of hydrogen-bond acceptors (Lipinski definition) is 4. The van der Waals surface area contributed by atoms with Crippen LogP contribution in [-0.4, -0.2) is 34.0 Å². The Morgan fingerprint density at radius 2 is 2.06 bits per heavy atom. The molecule has 7 heteroatoms. The first-order valence-electron chi connectivity index (χ1n) is 5.39. The molecule has 1 unspecified atom stereocenters. The van der Waals surface area contributed by atoms with E-state index >= 15 is 0 Å². The standard InChI is InChI=1S/C10H18F2N4O/c1-5(2)16-10(8(13)6(3)15-16)14-4-7(17)9(11)12/h5,7,9,14,17H,4,13H2,1-3H3. The minimum absolute atomic E-state index is 0.0530. The Kier molecular flexibility index (Phi) is 4.28. The Hall–Kier alpha value is -1.37. The molecule has 0 saturated carbocycles. The quantitative estimate of drug-likeness (QED) is 0.736. The van der Waals surface area contributed by atoms with Crippen molar-refractivity contribution in [2.75, 3.05) is 17.6 Å². The maximum atomic E-state index is 12.2. The third-order valence-corrected chi connectivity index (χ3v) is 2.39. The number of halogens is 2. The molecule has 0 aliphatic rings. The number of aliphatic hydroxyl groups excluding tert-OH is 1. The van der Waals surface area contributed by atoms with Crippen molar-refractivity contribution in [2.24, 2.45) is 0 Å². The Bertz CT molecular complexity index is 379. The summed E-state index contributed by atoms with van der Waals surface area (Å²) in [6.07, 6.45) is -4.49. The third kappa shape index (κ3) is 3.06. The van der Waals surface area contributed by atoms with E-state index in [0.29, 0.717) is 17.2 Å². The van der Waals surface area contributed by atoms with E-state index in [0.717, 1.165) is 0 Å². The molecular weight excluding hydrogens is 230 g/mol. The highest BCUT2D eigenvalue weighted by atomic mass is 19.3. The topological polar surface area (TPSA) is 76.1 Å². The molecule has 5 nitrogen and oxygen atoms in total. The van der Waals surface area contributed by atoms with Gasteiger partial charge in [-0.15, -0.1) is 0 Å². The number of aromatic nitrogens is 2. The summed E-state index contributed by atoms with van der Waals surface area (Å²) in [4.78, 5) is 0. The fourth-order valence-corrected chi connectivity index (χ4v) is 1.40. The monoisotopic (exact) mass is 248 g/mol. The van der Waals surface area contributed by atoms with E-state index < -0.39 is 12.5 Å². The Morgan fingerprint density at radius 1 is 1.47 bits per heavy atom. The number of anilines is 2. The SMILES string of the molecule is Cc1nn(C(C)C)c(NCC(O)C(F)F)c1N. The number of rotatable bonds is 5. The fraction of sp³-hybridized carbons (Fsp3) is 0.700. The van der Waals surface area contributed by atoms with Crippen molar-refractivity contribution in [2.45, 2.75) is 39.3 Å². The second-order valence-corrected chi connectivity index (χ2v) is 4.17. The molecule has 4 N–H and O–H groups in total. The normalized spacial score (nSPS) is 13.4. The predicted octanol–water partition coefficient (Wildman–Crippen LogP) is 1.39. The van der Waals surface area contributed by atoms with Gasteiger partial charge < -0.3 is 16.2 Å². The lowest BCUT2D eigenvalue weighted by atomic mass is 10.3. The van der Waals surface area contributed by atoms with Gasteiger partial charge in [0.1, 0.15) is 11.9 Å². The van der Waals surface area contributed by atoms with Crippen molar-refractivity contribution < 1.29 is 13.9 Å². The summed E-state index contributed by atoms with van der Waals surface area (Å²) < 4.78 is 25.9. The minimum atomic E-state index is -2.78. The van der Waals surface area contributed by atoms with E-state index in [-0.39, 0.29) is 12.6 Å². The largest absolute Gasteiger partial charge is 0.394 e. The molecule has 1 atom stereocenters. The van der Waals surface area contributed by atoms with Gasteiger partial charge >= 0.3 is 0 Å². The van der Waals surface area contributed by atoms with Crippen molar-refractivity contribution >= 4 is 11.5 Å². The number of alkyl halides is 2. The summed E-state index contributed by atoms with van der Waals surface area (Å²) in [6, 6.07) is 0.0530. The number of hydrogen-bond donors (Lipinski definition) is 3. The van der Waals surface area contributed by atoms with Crippen LogP contribution in [0.3, 0.4) is 0 Å². The fourth-order valence-electron chi connectivity index (χ4n) is 1.40. The molecule has 0 aromatic carbocycles. The van der Waals surface area contributed by atoms with Gasteiger partial charge in [-0.2, -0.15) is 5.10 Å². The van der Waals surface area contributed by atoms with Crippen LogP contribution < -0.4 is 11.1 Å². The van der Waals surface area contributed by atoms with Crippen LogP contribution in [-0.2, 0) is 0 Å². The van der Waals surface area contributed by atoms with Gasteiger partial charge in [-0.3, -0.25) is 0 Å². The van der Waals surface area contributed by atoms with Gasteiger partial charge in [0.2, 0.25) is 0 Å². The first-order chi connectivity index (χ1) is 7.84. The van der Waals surface area contributed by atoms with Crippen LogP contribution in [0, 0.1) is 6.92 Å². The lowest BCUT2D eigenvalue weighted by Gasteiger charge is -2.15. The van der Waals surface area contributed by atoms with Crippen LogP contribution in [0.25, 0.3) is 0 Å². The second-order valence-electron chi connectivity index (χ2n) is 4.17. The molecule has 1 rings (SSSR count). The van der Waals surface area contributed by atoms with E-state index in [1.165, 1.54) is 0 Å². The molecule has 0 saturated heterocycles. The molecule has 0 aliphatic carbocycles. The van der Waals surface area contributed by atoms with E-state index in [9.17, 15) is 8.78 Å². The van der Waals surface area contributed by atoms with E-state index in [1.807, 2.05) is 13.8 Å². The first kappa shape index (κ1) is 13.7. The van der Waals surface area contributed by atoms with Gasteiger partial charge in [0, 0.05) is 12.6 Å². The van der Waals surface area contributed by atoms with Crippen LogP contribution >= 0.6 is 0 Å². The summed E-state index contributed by atoms with van der Waals surface area (Å²) >= 11 is 0. The van der Waals surface area contributed by atoms with Gasteiger partial charge in [0.15, 0.2) is 0 Å². The first-order valence-corrected chi connectivity index (χ1v) is 5.39. The molecule has 0 spiro atoms. The van der Waals surface area contributed by atoms with Crippen molar-refractivity contribution in [1.29, 1.82) is 0 Å². The van der Waals surface area contributed by atoms with Crippen LogP contribution in [0.2, 0.25) is 0 Å². The van der Waals surface area contributed by atoms with Crippen molar-refractivity contribution in [1.82, 2.24) is 9.78 Å². The molecule has 0 radical (unpaired) electrons. The van der Waals surface area contributed by atoms with Gasteiger partial charge in [-0.1, -0.05) is 0 Å². The average molecular weight is 248 g/mol. The summed E-state index contributed by atoms with van der Waals surface area (Å²) in [7, 11) is 0. The van der Waals surface area contributed by atoms with Crippen molar-refractivity contribution in [3.8, 4) is 0 Å². The number of aryl methyl sites for hydroxylation is 1. The molecule has 17 heavy (non-hydrogen) atoms. The molecule has 1 aromatic heterocycles. The summed E-state index contributed by atoms with van der Waals surface area (Å²) in [6.45, 7) is 5.28. The van der Waals surface area contributed by atoms with Crippen molar-refractivity contribution in [3.05, 3.63) is 5.69 Å². The van der Waals surface area contributed by atoms with Crippen molar-refractivity contribution in [3.63, 3.8) is 0 Å². The van der Waals surface area contributed by atoms with Crippen LogP contribution in [0.1, 0.15) is 25.6 Å². The van der Waals surface area contributed by atoms with E-state index in [2.05, 4.69) is 10.4 Å². The lowest BCUT2D eigenvalue weighted by Crippen LogP contribution is -2.28. The predicted molar refractivity (Wildman–Crippen MR) is 62.3 cm³/mol. The smallest absolute Gasteiger partial charge is 0.265 e. The second kappa shape index (κ2) is 5.31. The maximum absolute atomic E-state index is 12.2. The number of nitrogens with two attached hydrogens (primary N) is 1. The molecular formula is C10H18F2N4O. The van der Waals surface area contributed by atoms with E-state index in [4.69, 9.17) is 10.8 Å². The lowest BCUT2D eigenvalue weighted by molar-refractivity contribution is 0.00376. The Balaban J connectivity index is 2.83. The van der Waals surface area contributed by atoms with Crippen LogP contribution in [0.5, 0.6) is 0 Å². The zero-order chi connectivity index (χ0) is 13.2. The molecule has 98 valence electrons. The highest BCUT2D eigenvalue weighted by Gasteiger charge is 2.19. The van der Waals surface area contributed by atoms with Crippen LogP contribution in [0.4, 0.5) is 20.3 Å². The maximum Gasteiger partial charge on any atom is 0.265 e. The summed E-state index contributed by atoms with van der Waals surface area (Å²) in [5.74, 6) is 0.470. The zero-order valence-corrected chi connectivity index (χ0v) is 10.1. The summed E-state index contributed by atoms with van der Waals surface area (Å²) in [5.41, 5.74) is 6.84. The molecule has 1 heterocycles. The van der Waals surface area contributed by atoms with E-state index in [1.54, 1.807) is 11.6 Å². The molecule has 0 amide bonds. The number of nitrogens with zero attached hydrogens (tertiary/aromatic N) is 2. The third-order valence-electron chi connectivity index (χ3n) is 2.39. The zero-order valence-electron chi connectivity index (χ0n) is 10.1. The number of nitrogens with one attached hydrogen (secondary N) is 1. The number of nitrogen functional groups attached to an aromatic ring is 1. The molecule has 0 fully saturated rings. The van der Waals surface area contributed by atoms with Crippen LogP contribution in [0.15, 0.2) is 0 Å². The average Bonchev–Trinajstić information content (AvgIpc) is 2.52. The van der Waals surface area contributed by atoms with Gasteiger partial charge in [0.25, 0.3) is 6.43 Å².